The summed E-state index contributed by atoms with van der Waals surface area (Å²) in [5.74, 6) is -0.506. The van der Waals surface area contributed by atoms with Crippen molar-refractivity contribution in [1.29, 1.82) is 0 Å². The topological polar surface area (TPSA) is 57.6 Å². The first kappa shape index (κ1) is 15.5. The van der Waals surface area contributed by atoms with Gasteiger partial charge in [0.25, 0.3) is 0 Å². The molecule has 1 amide bonds. The van der Waals surface area contributed by atoms with Crippen molar-refractivity contribution in [1.82, 2.24) is 4.90 Å². The number of aliphatic carboxylic acids is 1. The molecule has 0 aromatic heterocycles. The van der Waals surface area contributed by atoms with Crippen molar-refractivity contribution in [3.63, 3.8) is 0 Å². The molecule has 1 N–H and O–H groups in total. The monoisotopic (exact) mass is 289 g/mol. The van der Waals surface area contributed by atoms with Gasteiger partial charge < -0.3 is 10.0 Å². The van der Waals surface area contributed by atoms with E-state index >= 15 is 0 Å². The Morgan fingerprint density at radius 1 is 1.14 bits per heavy atom. The van der Waals surface area contributed by atoms with Crippen LogP contribution in [0.3, 0.4) is 0 Å². The molecule has 1 aromatic carbocycles. The molecular formula is C17H23NO3. The van der Waals surface area contributed by atoms with Gasteiger partial charge in [-0.3, -0.25) is 9.59 Å². The zero-order valence-corrected chi connectivity index (χ0v) is 12.3. The maximum atomic E-state index is 12.3. The molecule has 1 saturated carbocycles. The summed E-state index contributed by atoms with van der Waals surface area (Å²) >= 11 is 0. The summed E-state index contributed by atoms with van der Waals surface area (Å²) in [7, 11) is 0. The third-order valence-corrected chi connectivity index (χ3v) is 4.13. The number of hydrogen-bond donors (Lipinski definition) is 1. The molecule has 1 fully saturated rings. The molecule has 0 saturated heterocycles. The first-order valence-corrected chi connectivity index (χ1v) is 7.68. The fourth-order valence-corrected chi connectivity index (χ4v) is 2.95. The SMILES string of the molecule is O=C(O)CN(CCc1ccccc1)C(=O)CC1CCCC1. The molecule has 0 aliphatic heterocycles. The minimum atomic E-state index is -0.942. The van der Waals surface area contributed by atoms with Gasteiger partial charge >= 0.3 is 5.97 Å². The van der Waals surface area contributed by atoms with Crippen molar-refractivity contribution in [2.75, 3.05) is 13.1 Å². The van der Waals surface area contributed by atoms with Crippen LogP contribution in [0.25, 0.3) is 0 Å². The zero-order chi connectivity index (χ0) is 15.1. The van der Waals surface area contributed by atoms with Crippen molar-refractivity contribution < 1.29 is 14.7 Å². The molecule has 0 bridgehead atoms. The van der Waals surface area contributed by atoms with Crippen molar-refractivity contribution in [2.24, 2.45) is 5.92 Å². The Hall–Kier alpha value is -1.84. The van der Waals surface area contributed by atoms with Gasteiger partial charge in [-0.05, 0) is 30.7 Å². The van der Waals surface area contributed by atoms with Gasteiger partial charge in [-0.2, -0.15) is 0 Å². The first-order chi connectivity index (χ1) is 10.1. The molecule has 1 aliphatic rings. The smallest absolute Gasteiger partial charge is 0.323 e. The summed E-state index contributed by atoms with van der Waals surface area (Å²) in [6, 6.07) is 9.86. The molecule has 114 valence electrons. The lowest BCUT2D eigenvalue weighted by Crippen LogP contribution is -2.37. The summed E-state index contributed by atoms with van der Waals surface area (Å²) in [5.41, 5.74) is 1.13. The maximum absolute atomic E-state index is 12.3. The van der Waals surface area contributed by atoms with Crippen LogP contribution < -0.4 is 0 Å². The Kier molecular flexibility index (Phi) is 5.78. The number of hydrogen-bond acceptors (Lipinski definition) is 2. The molecule has 21 heavy (non-hydrogen) atoms. The first-order valence-electron chi connectivity index (χ1n) is 7.68. The van der Waals surface area contributed by atoms with Gasteiger partial charge in [0.1, 0.15) is 6.54 Å². The normalized spacial score (nSPS) is 15.0. The van der Waals surface area contributed by atoms with Gasteiger partial charge in [-0.1, -0.05) is 43.2 Å². The van der Waals surface area contributed by atoms with E-state index in [0.717, 1.165) is 18.4 Å². The van der Waals surface area contributed by atoms with Crippen LogP contribution in [0.4, 0.5) is 0 Å². The van der Waals surface area contributed by atoms with Gasteiger partial charge in [0.15, 0.2) is 0 Å². The third-order valence-electron chi connectivity index (χ3n) is 4.13. The van der Waals surface area contributed by atoms with E-state index in [4.69, 9.17) is 5.11 Å². The fourth-order valence-electron chi connectivity index (χ4n) is 2.95. The molecule has 0 radical (unpaired) electrons. The van der Waals surface area contributed by atoms with Crippen LogP contribution in [0.15, 0.2) is 30.3 Å². The lowest BCUT2D eigenvalue weighted by Gasteiger charge is -2.22. The number of nitrogens with zero attached hydrogens (tertiary/aromatic N) is 1. The van der Waals surface area contributed by atoms with Crippen LogP contribution in [-0.4, -0.2) is 35.0 Å². The number of carbonyl (C=O) groups excluding carboxylic acids is 1. The Balaban J connectivity index is 1.89. The molecule has 4 nitrogen and oxygen atoms in total. The summed E-state index contributed by atoms with van der Waals surface area (Å²) < 4.78 is 0. The predicted molar refractivity (Wildman–Crippen MR) is 80.9 cm³/mol. The average Bonchev–Trinajstić information content (AvgIpc) is 2.97. The van der Waals surface area contributed by atoms with E-state index in [0.29, 0.717) is 25.3 Å². The molecule has 1 aliphatic carbocycles. The van der Waals surface area contributed by atoms with Crippen LogP contribution in [0.2, 0.25) is 0 Å². The van der Waals surface area contributed by atoms with E-state index < -0.39 is 5.97 Å². The van der Waals surface area contributed by atoms with E-state index in [2.05, 4.69) is 0 Å². The van der Waals surface area contributed by atoms with Crippen LogP contribution in [0, 0.1) is 5.92 Å². The van der Waals surface area contributed by atoms with Crippen molar-refractivity contribution in [3.8, 4) is 0 Å². The molecule has 0 unspecified atom stereocenters. The largest absolute Gasteiger partial charge is 0.480 e. The highest BCUT2D eigenvalue weighted by atomic mass is 16.4. The minimum absolute atomic E-state index is 0.0137. The highest BCUT2D eigenvalue weighted by Crippen LogP contribution is 2.28. The Morgan fingerprint density at radius 2 is 1.81 bits per heavy atom. The quantitative estimate of drug-likeness (QED) is 0.839. The summed E-state index contributed by atoms with van der Waals surface area (Å²) in [6.07, 6.45) is 5.80. The second-order valence-corrected chi connectivity index (χ2v) is 5.80. The Labute approximate surface area is 125 Å². The van der Waals surface area contributed by atoms with Gasteiger partial charge in [0.05, 0.1) is 0 Å². The van der Waals surface area contributed by atoms with Crippen molar-refractivity contribution >= 4 is 11.9 Å². The number of rotatable bonds is 7. The van der Waals surface area contributed by atoms with Crippen LogP contribution in [0.1, 0.15) is 37.7 Å². The molecule has 0 atom stereocenters. The second kappa shape index (κ2) is 7.81. The molecule has 0 heterocycles. The van der Waals surface area contributed by atoms with Gasteiger partial charge in [-0.25, -0.2) is 0 Å². The maximum Gasteiger partial charge on any atom is 0.323 e. The van der Waals surface area contributed by atoms with Crippen LogP contribution >= 0.6 is 0 Å². The van der Waals surface area contributed by atoms with E-state index in [-0.39, 0.29) is 12.5 Å². The van der Waals surface area contributed by atoms with Crippen LogP contribution in [0.5, 0.6) is 0 Å². The summed E-state index contributed by atoms with van der Waals surface area (Å²) in [5, 5.41) is 9.00. The number of carboxylic acid groups (broad SMARTS) is 1. The van der Waals surface area contributed by atoms with Crippen molar-refractivity contribution in [2.45, 2.75) is 38.5 Å². The fraction of sp³-hybridized carbons (Fsp3) is 0.529. The molecule has 2 rings (SSSR count). The predicted octanol–water partition coefficient (Wildman–Crippen LogP) is 2.72. The summed E-state index contributed by atoms with van der Waals surface area (Å²) in [6.45, 7) is 0.278. The number of carbonyl (C=O) groups is 2. The third kappa shape index (κ3) is 5.21. The Bertz CT molecular complexity index is 466. The van der Waals surface area contributed by atoms with Gasteiger partial charge in [0.2, 0.25) is 5.91 Å². The van der Waals surface area contributed by atoms with Crippen molar-refractivity contribution in [3.05, 3.63) is 35.9 Å². The summed E-state index contributed by atoms with van der Waals surface area (Å²) in [4.78, 5) is 24.8. The second-order valence-electron chi connectivity index (χ2n) is 5.80. The van der Waals surface area contributed by atoms with E-state index in [1.54, 1.807) is 0 Å². The number of benzene rings is 1. The Morgan fingerprint density at radius 3 is 2.43 bits per heavy atom. The molecule has 1 aromatic rings. The van der Waals surface area contributed by atoms with Gasteiger partial charge in [0, 0.05) is 13.0 Å². The average molecular weight is 289 g/mol. The number of amides is 1. The van der Waals surface area contributed by atoms with Gasteiger partial charge in [-0.15, -0.1) is 0 Å². The van der Waals surface area contributed by atoms with E-state index in [1.807, 2.05) is 30.3 Å². The lowest BCUT2D eigenvalue weighted by atomic mass is 10.0. The van der Waals surface area contributed by atoms with E-state index in [1.165, 1.54) is 17.7 Å². The molecule has 4 heteroatoms. The number of carboxylic acids is 1. The highest BCUT2D eigenvalue weighted by molar-refractivity contribution is 5.81. The van der Waals surface area contributed by atoms with E-state index in [9.17, 15) is 9.59 Å². The van der Waals surface area contributed by atoms with Crippen LogP contribution in [-0.2, 0) is 16.0 Å². The highest BCUT2D eigenvalue weighted by Gasteiger charge is 2.23. The zero-order valence-electron chi connectivity index (χ0n) is 12.3. The lowest BCUT2D eigenvalue weighted by molar-refractivity contribution is -0.144. The molecular weight excluding hydrogens is 266 g/mol. The minimum Gasteiger partial charge on any atom is -0.480 e. The standard InChI is InChI=1S/C17H23NO3/c19-16(12-15-8-4-5-9-15)18(13-17(20)21)11-10-14-6-2-1-3-7-14/h1-3,6-7,15H,4-5,8-13H2,(H,20,21). The molecule has 0 spiro atoms.